The van der Waals surface area contributed by atoms with Gasteiger partial charge < -0.3 is 13.6 Å². The van der Waals surface area contributed by atoms with Crippen LogP contribution in [-0.2, 0) is 13.6 Å². The van der Waals surface area contributed by atoms with Gasteiger partial charge in [0.2, 0.25) is 0 Å². The van der Waals surface area contributed by atoms with Crippen LogP contribution in [0.1, 0.15) is 146 Å². The van der Waals surface area contributed by atoms with Crippen LogP contribution < -0.4 is 0 Å². The van der Waals surface area contributed by atoms with Gasteiger partial charge in [0.05, 0.1) is 12.5 Å². The molecule has 0 aliphatic carbocycles. The summed E-state index contributed by atoms with van der Waals surface area (Å²) in [6, 6.07) is 0. The Morgan fingerprint density at radius 3 is 0.727 bits per heavy atom. The lowest BCUT2D eigenvalue weighted by Gasteiger charge is -2.33. The minimum absolute atomic E-state index is 0. The first kappa shape index (κ1) is 131. The number of hydrogen-bond acceptors (Lipinski definition) is 3. The highest BCUT2D eigenvalue weighted by molar-refractivity contribution is 6.84. The summed E-state index contributed by atoms with van der Waals surface area (Å²) in [6.45, 7) is 14.9. The molecule has 0 unspecified atom stereocenters. The Bertz CT molecular complexity index is 182. The molecule has 0 aromatic carbocycles. The molecule has 0 N–H and O–H groups in total. The summed E-state index contributed by atoms with van der Waals surface area (Å²) >= 11 is 0. The van der Waals surface area contributed by atoms with Crippen LogP contribution in [0.4, 0.5) is 0 Å². The largest absolute Gasteiger partial charge is 0.453 e. The van der Waals surface area contributed by atoms with Crippen LogP contribution >= 0.6 is 0 Å². The molecule has 232 valence electrons. The summed E-state index contributed by atoms with van der Waals surface area (Å²) in [5.41, 5.74) is 0. The smallest absolute Gasteiger partial charge is 0.199 e. The fourth-order valence-electron chi connectivity index (χ4n) is 1.73. The quantitative estimate of drug-likeness (QED) is 0.206. The summed E-state index contributed by atoms with van der Waals surface area (Å²) in [5, 5.41) is 0. The fraction of sp³-hybridized carbons (Fsp3) is 1.00. The van der Waals surface area contributed by atoms with E-state index < -0.39 is 16.6 Å². The molecule has 3 nitrogen and oxygen atoms in total. The van der Waals surface area contributed by atoms with Crippen LogP contribution in [0.15, 0.2) is 0 Å². The third kappa shape index (κ3) is 88.5. The Morgan fingerprint density at radius 2 is 0.576 bits per heavy atom. The molecule has 0 rings (SSSR count). The molecule has 0 fully saturated rings. The van der Waals surface area contributed by atoms with Crippen molar-refractivity contribution in [1.29, 1.82) is 0 Å². The maximum atomic E-state index is 6.35. The van der Waals surface area contributed by atoms with Gasteiger partial charge in [0.1, 0.15) is 0 Å². The zero-order chi connectivity index (χ0) is 13.4. The molecule has 33 heavy (non-hydrogen) atoms. The first-order valence-corrected chi connectivity index (χ1v) is 12.9. The van der Waals surface area contributed by atoms with Crippen molar-refractivity contribution in [2.24, 2.45) is 0 Å². The van der Waals surface area contributed by atoms with E-state index in [2.05, 4.69) is 40.0 Å². The number of rotatable bonds is 10. The van der Waals surface area contributed by atoms with Crippen molar-refractivity contribution in [2.45, 2.75) is 172 Å². The van der Waals surface area contributed by atoms with Gasteiger partial charge in [-0.1, -0.05) is 133 Å². The first-order chi connectivity index (χ1) is 7.83. The van der Waals surface area contributed by atoms with Crippen LogP contribution in [0, 0.1) is 0 Å². The van der Waals surface area contributed by atoms with E-state index in [1.807, 2.05) is 0 Å². The molecule has 0 bridgehead atoms. The van der Waals surface area contributed by atoms with Gasteiger partial charge in [-0.25, -0.2) is 0 Å². The van der Waals surface area contributed by atoms with Crippen molar-refractivity contribution in [3.8, 4) is 0 Å². The highest BCUT2D eigenvalue weighted by Gasteiger charge is 2.33. The van der Waals surface area contributed by atoms with Gasteiger partial charge in [-0.05, 0) is 39.0 Å². The van der Waals surface area contributed by atoms with E-state index in [0.29, 0.717) is 0 Å². The molecule has 0 atom stereocenters. The van der Waals surface area contributed by atoms with E-state index >= 15 is 0 Å². The Morgan fingerprint density at radius 1 is 0.394 bits per heavy atom. The minimum Gasteiger partial charge on any atom is -0.453 e. The lowest BCUT2D eigenvalue weighted by atomic mass is 10.5. The normalized spacial score (nSPS) is 6.73. The van der Waals surface area contributed by atoms with E-state index in [9.17, 15) is 0 Å². The molecule has 0 aliphatic heterocycles. The SMILES string of the molecule is C.C.C.C.C.C.C.C.C.C.C.C.C.C.C.C.CCCOC[Si](C)(C)O[Si](C)(C)COCCC. The second-order valence-corrected chi connectivity index (χ2v) is 14.2. The van der Waals surface area contributed by atoms with Crippen molar-refractivity contribution in [3.63, 3.8) is 0 Å². The lowest BCUT2D eigenvalue weighted by Crippen LogP contribution is -2.50. The van der Waals surface area contributed by atoms with Gasteiger partial charge in [0.25, 0.3) is 0 Å². The third-order valence-corrected chi connectivity index (χ3v) is 8.37. The average Bonchev–Trinajstić information content (AvgIpc) is 2.16. The molecule has 0 radical (unpaired) electrons. The monoisotopic (exact) mass is 535 g/mol. The summed E-state index contributed by atoms with van der Waals surface area (Å²) in [5.74, 6) is 0. The van der Waals surface area contributed by atoms with Crippen molar-refractivity contribution in [2.75, 3.05) is 25.7 Å². The van der Waals surface area contributed by atoms with E-state index in [1.54, 1.807) is 0 Å². The number of ether oxygens (including phenoxy) is 2. The second-order valence-electron chi connectivity index (χ2n) is 5.73. The highest BCUT2D eigenvalue weighted by atomic mass is 28.4. The van der Waals surface area contributed by atoms with E-state index in [4.69, 9.17) is 13.6 Å². The Labute approximate surface area is 227 Å². The van der Waals surface area contributed by atoms with Crippen molar-refractivity contribution >= 4 is 16.6 Å². The van der Waals surface area contributed by atoms with Crippen molar-refractivity contribution in [3.05, 3.63) is 0 Å². The summed E-state index contributed by atoms with van der Waals surface area (Å²) < 4.78 is 17.6. The van der Waals surface area contributed by atoms with E-state index in [0.717, 1.165) is 38.5 Å². The van der Waals surface area contributed by atoms with Gasteiger partial charge in [-0.2, -0.15) is 0 Å². The fourth-order valence-corrected chi connectivity index (χ4v) is 9.46. The topological polar surface area (TPSA) is 27.7 Å². The van der Waals surface area contributed by atoms with Crippen LogP contribution in [0.3, 0.4) is 0 Å². The molecule has 0 aromatic rings. The molecule has 0 amide bonds. The predicted octanol–water partition coefficient (Wildman–Crippen LogP) is 13.5. The van der Waals surface area contributed by atoms with Gasteiger partial charge >= 0.3 is 0 Å². The minimum atomic E-state index is -1.68. The molecular formula is C28H94O3Si2. The van der Waals surface area contributed by atoms with Crippen LogP contribution in [0.5, 0.6) is 0 Å². The predicted molar refractivity (Wildman–Crippen MR) is 186 cm³/mol. The standard InChI is InChI=1S/C12H30O3Si2.16CH4/c1-7-9-13-11-16(3,4)15-17(5,6)12-14-10-8-2;;;;;;;;;;;;;;;;/h7-12H2,1-6H3;16*1H4. The average molecular weight is 535 g/mol. The zero-order valence-corrected chi connectivity index (χ0v) is 14.5. The Balaban J connectivity index is -0.0000000107. The van der Waals surface area contributed by atoms with Crippen LogP contribution in [-0.4, -0.2) is 42.3 Å². The molecule has 0 heterocycles. The second kappa shape index (κ2) is 69.7. The molecule has 0 spiro atoms. The summed E-state index contributed by atoms with van der Waals surface area (Å²) in [6.07, 6.45) is 3.74. The third-order valence-electron chi connectivity index (χ3n) is 2.15. The van der Waals surface area contributed by atoms with Gasteiger partial charge in [-0.15, -0.1) is 0 Å². The van der Waals surface area contributed by atoms with Crippen LogP contribution in [0.25, 0.3) is 0 Å². The maximum absolute atomic E-state index is 6.35. The first-order valence-electron chi connectivity index (χ1n) is 6.68. The molecule has 0 aromatic heterocycles. The van der Waals surface area contributed by atoms with Gasteiger partial charge in [0, 0.05) is 13.2 Å². The summed E-state index contributed by atoms with van der Waals surface area (Å²) in [4.78, 5) is 0. The molecule has 0 saturated carbocycles. The summed E-state index contributed by atoms with van der Waals surface area (Å²) in [7, 11) is -3.35. The van der Waals surface area contributed by atoms with Gasteiger partial charge in [-0.3, -0.25) is 0 Å². The highest BCUT2D eigenvalue weighted by Crippen LogP contribution is 2.15. The molecule has 0 saturated heterocycles. The van der Waals surface area contributed by atoms with E-state index in [-0.39, 0.29) is 119 Å². The number of hydrogen-bond donors (Lipinski definition) is 0. The zero-order valence-electron chi connectivity index (χ0n) is 12.5. The van der Waals surface area contributed by atoms with Crippen molar-refractivity contribution < 1.29 is 13.6 Å². The maximum Gasteiger partial charge on any atom is 0.199 e. The Hall–Kier alpha value is 0.314. The Kier molecular flexibility index (Phi) is 276. The molecule has 5 heteroatoms. The molecular weight excluding hydrogens is 440 g/mol. The van der Waals surface area contributed by atoms with Gasteiger partial charge in [0.15, 0.2) is 16.6 Å². The van der Waals surface area contributed by atoms with Crippen LogP contribution in [0.2, 0.25) is 26.2 Å². The van der Waals surface area contributed by atoms with E-state index in [1.165, 1.54) is 0 Å². The molecule has 0 aliphatic rings. The van der Waals surface area contributed by atoms with Crippen molar-refractivity contribution in [1.82, 2.24) is 0 Å². The lowest BCUT2D eigenvalue weighted by molar-refractivity contribution is 0.155.